The molecule has 1 unspecified atom stereocenters. The Bertz CT molecular complexity index is 317. The normalized spacial score (nSPS) is 12.8. The quantitative estimate of drug-likeness (QED) is 0.633. The first-order valence-electron chi connectivity index (χ1n) is 6.45. The van der Waals surface area contributed by atoms with Gasteiger partial charge in [0.05, 0.1) is 31.1 Å². The molecule has 0 saturated carbocycles. The third-order valence-corrected chi connectivity index (χ3v) is 2.77. The summed E-state index contributed by atoms with van der Waals surface area (Å²) >= 11 is 0. The predicted octanol–water partition coefficient (Wildman–Crippen LogP) is 1.00. The molecule has 1 atom stereocenters. The van der Waals surface area contributed by atoms with Crippen molar-refractivity contribution >= 4 is 0 Å². The van der Waals surface area contributed by atoms with Gasteiger partial charge in [0.15, 0.2) is 0 Å². The molecule has 0 saturated heterocycles. The molecular weight excluding hydrogens is 232 g/mol. The van der Waals surface area contributed by atoms with E-state index in [0.717, 1.165) is 25.1 Å². The maximum Gasteiger partial charge on any atom is 0.0757 e. The average Bonchev–Trinajstić information content (AvgIpc) is 2.83. The lowest BCUT2D eigenvalue weighted by atomic mass is 10.1. The molecule has 6 heteroatoms. The van der Waals surface area contributed by atoms with Crippen molar-refractivity contribution < 1.29 is 9.47 Å². The molecule has 1 aromatic rings. The number of nitrogens with one attached hydrogen (secondary N) is 1. The highest BCUT2D eigenvalue weighted by Crippen LogP contribution is 2.15. The second kappa shape index (κ2) is 9.02. The second-order valence-corrected chi connectivity index (χ2v) is 4.12. The van der Waals surface area contributed by atoms with Gasteiger partial charge in [0.1, 0.15) is 0 Å². The summed E-state index contributed by atoms with van der Waals surface area (Å²) in [6.07, 6.45) is 3.78. The molecule has 0 fully saturated rings. The van der Waals surface area contributed by atoms with Gasteiger partial charge in [-0.1, -0.05) is 12.1 Å². The van der Waals surface area contributed by atoms with Gasteiger partial charge in [-0.15, -0.1) is 5.10 Å². The summed E-state index contributed by atoms with van der Waals surface area (Å²) in [5.74, 6) is 0. The molecule has 1 rings (SSSR count). The molecule has 0 aromatic carbocycles. The Kier molecular flexibility index (Phi) is 7.55. The topological polar surface area (TPSA) is 61.2 Å². The van der Waals surface area contributed by atoms with Gasteiger partial charge < -0.3 is 14.8 Å². The molecule has 6 nitrogen and oxygen atoms in total. The van der Waals surface area contributed by atoms with Gasteiger partial charge in [-0.3, -0.25) is 0 Å². The first-order chi connectivity index (χ1) is 8.83. The third-order valence-electron chi connectivity index (χ3n) is 2.77. The van der Waals surface area contributed by atoms with Crippen molar-refractivity contribution in [3.05, 3.63) is 11.9 Å². The number of ether oxygens (including phenoxy) is 2. The molecule has 0 amide bonds. The maximum atomic E-state index is 5.49. The van der Waals surface area contributed by atoms with Crippen LogP contribution >= 0.6 is 0 Å². The molecule has 1 aromatic heterocycles. The average molecular weight is 256 g/mol. The van der Waals surface area contributed by atoms with E-state index in [4.69, 9.17) is 9.47 Å². The number of rotatable bonds is 10. The van der Waals surface area contributed by atoms with Gasteiger partial charge in [0.2, 0.25) is 0 Å². The first-order valence-corrected chi connectivity index (χ1v) is 6.45. The molecular formula is C12H24N4O2. The molecule has 104 valence electrons. The fourth-order valence-corrected chi connectivity index (χ4v) is 1.81. The Morgan fingerprint density at radius 2 is 2.22 bits per heavy atom. The molecule has 0 spiro atoms. The molecule has 1 heterocycles. The number of nitrogens with zero attached hydrogens (tertiary/aromatic N) is 3. The Morgan fingerprint density at radius 1 is 1.39 bits per heavy atom. The van der Waals surface area contributed by atoms with Gasteiger partial charge in [0.25, 0.3) is 0 Å². The summed E-state index contributed by atoms with van der Waals surface area (Å²) in [6, 6.07) is 0.231. The monoisotopic (exact) mass is 256 g/mol. The summed E-state index contributed by atoms with van der Waals surface area (Å²) in [5, 5.41) is 11.4. The van der Waals surface area contributed by atoms with Crippen LogP contribution in [0.15, 0.2) is 6.20 Å². The fraction of sp³-hybridized carbons (Fsp3) is 0.833. The maximum absolute atomic E-state index is 5.49. The lowest BCUT2D eigenvalue weighted by Gasteiger charge is -2.17. The minimum absolute atomic E-state index is 0.231. The largest absolute Gasteiger partial charge is 0.382 e. The lowest BCUT2D eigenvalue weighted by Crippen LogP contribution is -2.22. The summed E-state index contributed by atoms with van der Waals surface area (Å²) in [6.45, 7) is 5.01. The third kappa shape index (κ3) is 4.72. The van der Waals surface area contributed by atoms with Gasteiger partial charge in [-0.25, -0.2) is 4.68 Å². The molecule has 1 N–H and O–H groups in total. The Hall–Kier alpha value is -0.980. The van der Waals surface area contributed by atoms with Crippen LogP contribution in [0.25, 0.3) is 0 Å². The molecule has 0 aliphatic heterocycles. The van der Waals surface area contributed by atoms with E-state index in [-0.39, 0.29) is 6.04 Å². The van der Waals surface area contributed by atoms with Crippen molar-refractivity contribution in [3.63, 3.8) is 0 Å². The molecule has 0 aliphatic carbocycles. The Balaban J connectivity index is 2.41. The van der Waals surface area contributed by atoms with Crippen LogP contribution in [0.1, 0.15) is 31.5 Å². The van der Waals surface area contributed by atoms with Crippen LogP contribution in [-0.2, 0) is 16.0 Å². The lowest BCUT2D eigenvalue weighted by molar-refractivity contribution is 0.0657. The highest BCUT2D eigenvalue weighted by Gasteiger charge is 2.14. The van der Waals surface area contributed by atoms with Crippen molar-refractivity contribution in [1.82, 2.24) is 20.3 Å². The van der Waals surface area contributed by atoms with Crippen molar-refractivity contribution in [3.8, 4) is 0 Å². The predicted molar refractivity (Wildman–Crippen MR) is 69.4 cm³/mol. The minimum Gasteiger partial charge on any atom is -0.382 e. The number of hydrogen-bond acceptors (Lipinski definition) is 5. The number of aromatic nitrogens is 3. The fourth-order valence-electron chi connectivity index (χ4n) is 1.81. The first kappa shape index (κ1) is 15.1. The second-order valence-electron chi connectivity index (χ2n) is 4.12. The van der Waals surface area contributed by atoms with Crippen molar-refractivity contribution in [2.45, 2.75) is 32.4 Å². The molecule has 18 heavy (non-hydrogen) atoms. The smallest absolute Gasteiger partial charge is 0.0757 e. The van der Waals surface area contributed by atoms with E-state index in [1.165, 1.54) is 0 Å². The van der Waals surface area contributed by atoms with Crippen molar-refractivity contribution in [2.75, 3.05) is 34.0 Å². The zero-order valence-electron chi connectivity index (χ0n) is 11.6. The Morgan fingerprint density at radius 3 is 2.89 bits per heavy atom. The van der Waals surface area contributed by atoms with Gasteiger partial charge in [-0.05, 0) is 19.9 Å². The van der Waals surface area contributed by atoms with E-state index >= 15 is 0 Å². The summed E-state index contributed by atoms with van der Waals surface area (Å²) in [7, 11) is 3.62. The van der Waals surface area contributed by atoms with Crippen molar-refractivity contribution in [1.29, 1.82) is 0 Å². The van der Waals surface area contributed by atoms with E-state index in [1.807, 2.05) is 17.9 Å². The van der Waals surface area contributed by atoms with E-state index in [2.05, 4.69) is 22.6 Å². The highest BCUT2D eigenvalue weighted by molar-refractivity contribution is 5.01. The van der Waals surface area contributed by atoms with Crippen LogP contribution in [0.2, 0.25) is 0 Å². The zero-order chi connectivity index (χ0) is 13.2. The van der Waals surface area contributed by atoms with Gasteiger partial charge in [-0.2, -0.15) is 0 Å². The zero-order valence-corrected chi connectivity index (χ0v) is 11.6. The van der Waals surface area contributed by atoms with Crippen LogP contribution < -0.4 is 5.32 Å². The number of methoxy groups -OCH3 is 1. The van der Waals surface area contributed by atoms with Crippen LogP contribution in [0, 0.1) is 0 Å². The van der Waals surface area contributed by atoms with E-state index < -0.39 is 0 Å². The Labute approximate surface area is 109 Å². The minimum atomic E-state index is 0.231. The van der Waals surface area contributed by atoms with E-state index in [1.54, 1.807) is 7.11 Å². The van der Waals surface area contributed by atoms with Crippen LogP contribution in [0.4, 0.5) is 0 Å². The van der Waals surface area contributed by atoms with Gasteiger partial charge in [0, 0.05) is 20.3 Å². The van der Waals surface area contributed by atoms with Gasteiger partial charge >= 0.3 is 0 Å². The summed E-state index contributed by atoms with van der Waals surface area (Å²) < 4.78 is 12.4. The molecule has 0 bridgehead atoms. The summed E-state index contributed by atoms with van der Waals surface area (Å²) in [5.41, 5.74) is 1.12. The van der Waals surface area contributed by atoms with Crippen LogP contribution in [0.5, 0.6) is 0 Å². The van der Waals surface area contributed by atoms with Crippen molar-refractivity contribution in [2.24, 2.45) is 0 Å². The number of hydrogen-bond donors (Lipinski definition) is 1. The standard InChI is InChI=1S/C12H24N4O2/c1-4-6-16-12(10-14-15-16)11(13-2)5-7-18-9-8-17-3/h10-11,13H,4-9H2,1-3H3. The SMILES string of the molecule is CCCn1nncc1C(CCOCCOC)NC. The van der Waals surface area contributed by atoms with Crippen LogP contribution in [0.3, 0.4) is 0 Å². The number of aryl methyl sites for hydroxylation is 1. The molecule has 0 aliphatic rings. The van der Waals surface area contributed by atoms with Crippen LogP contribution in [-0.4, -0.2) is 49.0 Å². The summed E-state index contributed by atoms with van der Waals surface area (Å²) in [4.78, 5) is 0. The molecule has 0 radical (unpaired) electrons. The highest BCUT2D eigenvalue weighted by atomic mass is 16.5. The van der Waals surface area contributed by atoms with E-state index in [9.17, 15) is 0 Å². The van der Waals surface area contributed by atoms with E-state index in [0.29, 0.717) is 19.8 Å².